The molecule has 1 nitrogen and oxygen atoms in total. The highest BCUT2D eigenvalue weighted by Gasteiger charge is 2.07. The van der Waals surface area contributed by atoms with E-state index in [-0.39, 0.29) is 0 Å². The van der Waals surface area contributed by atoms with Crippen molar-refractivity contribution in [2.75, 3.05) is 11.9 Å². The summed E-state index contributed by atoms with van der Waals surface area (Å²) in [6.07, 6.45) is 0. The van der Waals surface area contributed by atoms with E-state index in [0.29, 0.717) is 0 Å². The van der Waals surface area contributed by atoms with E-state index < -0.39 is 0 Å². The lowest BCUT2D eigenvalue weighted by atomic mass is 10.0. The Balaban J connectivity index is 3.26. The number of hydrogen-bond acceptors (Lipinski definition) is 1. The molecule has 0 heterocycles. The van der Waals surface area contributed by atoms with Crippen molar-refractivity contribution in [2.24, 2.45) is 0 Å². The molecule has 0 unspecified atom stereocenters. The molecular weight excluding hydrogens is 182 g/mol. The normalized spacial score (nSPS) is 10.2. The predicted molar refractivity (Wildman–Crippen MR) is 59.8 cm³/mol. The number of aryl methyl sites for hydroxylation is 2. The van der Waals surface area contributed by atoms with Crippen molar-refractivity contribution < 1.29 is 0 Å². The predicted octanol–water partition coefficient (Wildman–Crippen LogP) is 3.70. The molecule has 72 valence electrons. The lowest BCUT2D eigenvalue weighted by molar-refractivity contribution is 1.18. The fraction of sp³-hybridized carbons (Fsp3) is 0.455. The Morgan fingerprint density at radius 3 is 2.38 bits per heavy atom. The maximum absolute atomic E-state index is 6.15. The zero-order valence-electron chi connectivity index (χ0n) is 8.66. The van der Waals surface area contributed by atoms with Gasteiger partial charge in [0, 0.05) is 17.3 Å². The van der Waals surface area contributed by atoms with E-state index >= 15 is 0 Å². The van der Waals surface area contributed by atoms with Gasteiger partial charge in [0.1, 0.15) is 0 Å². The van der Waals surface area contributed by atoms with Gasteiger partial charge in [-0.2, -0.15) is 0 Å². The maximum atomic E-state index is 6.15. The van der Waals surface area contributed by atoms with Crippen LogP contribution >= 0.6 is 11.6 Å². The van der Waals surface area contributed by atoms with Gasteiger partial charge in [0.2, 0.25) is 0 Å². The molecular formula is C11H16ClN. The summed E-state index contributed by atoms with van der Waals surface area (Å²) in [5.74, 6) is 0. The SMILES string of the molecule is CCNc1c(C)cc(C)c(Cl)c1C. The standard InChI is InChI=1S/C11H16ClN/c1-5-13-11-8(3)6-7(2)10(12)9(11)4/h6,13H,5H2,1-4H3. The van der Waals surface area contributed by atoms with E-state index in [9.17, 15) is 0 Å². The van der Waals surface area contributed by atoms with Crippen LogP contribution in [0.5, 0.6) is 0 Å². The minimum Gasteiger partial charge on any atom is -0.385 e. The van der Waals surface area contributed by atoms with E-state index in [1.807, 2.05) is 6.92 Å². The van der Waals surface area contributed by atoms with Gasteiger partial charge in [0.25, 0.3) is 0 Å². The summed E-state index contributed by atoms with van der Waals surface area (Å²) in [6, 6.07) is 2.12. The molecule has 0 bridgehead atoms. The number of nitrogens with one attached hydrogen (secondary N) is 1. The molecule has 0 radical (unpaired) electrons. The Kier molecular flexibility index (Phi) is 3.21. The van der Waals surface area contributed by atoms with Crippen molar-refractivity contribution in [3.8, 4) is 0 Å². The molecule has 13 heavy (non-hydrogen) atoms. The molecule has 1 aromatic rings. The largest absolute Gasteiger partial charge is 0.385 e. The molecule has 1 aromatic carbocycles. The van der Waals surface area contributed by atoms with E-state index in [2.05, 4.69) is 32.2 Å². The van der Waals surface area contributed by atoms with E-state index in [0.717, 1.165) is 22.7 Å². The maximum Gasteiger partial charge on any atom is 0.0485 e. The summed E-state index contributed by atoms with van der Waals surface area (Å²) >= 11 is 6.15. The summed E-state index contributed by atoms with van der Waals surface area (Å²) in [5.41, 5.74) is 4.75. The van der Waals surface area contributed by atoms with Crippen LogP contribution in [0.1, 0.15) is 23.6 Å². The zero-order valence-corrected chi connectivity index (χ0v) is 9.42. The second kappa shape index (κ2) is 4.01. The fourth-order valence-corrected chi connectivity index (χ4v) is 1.76. The van der Waals surface area contributed by atoms with Crippen LogP contribution in [0.25, 0.3) is 0 Å². The topological polar surface area (TPSA) is 12.0 Å². The van der Waals surface area contributed by atoms with E-state index in [1.165, 1.54) is 11.3 Å². The van der Waals surface area contributed by atoms with Gasteiger partial charge in [0.05, 0.1) is 0 Å². The van der Waals surface area contributed by atoms with Crippen molar-refractivity contribution in [1.82, 2.24) is 0 Å². The summed E-state index contributed by atoms with van der Waals surface area (Å²) in [5, 5.41) is 4.20. The lowest BCUT2D eigenvalue weighted by Crippen LogP contribution is -2.02. The number of halogens is 1. The van der Waals surface area contributed by atoms with Gasteiger partial charge in [-0.05, 0) is 44.4 Å². The molecule has 1 rings (SSSR count). The summed E-state index contributed by atoms with van der Waals surface area (Å²) < 4.78 is 0. The highest BCUT2D eigenvalue weighted by Crippen LogP contribution is 2.30. The fourth-order valence-electron chi connectivity index (χ4n) is 1.61. The van der Waals surface area contributed by atoms with Gasteiger partial charge in [-0.15, -0.1) is 0 Å². The minimum atomic E-state index is 0.876. The second-order valence-corrected chi connectivity index (χ2v) is 3.73. The third-order valence-corrected chi connectivity index (χ3v) is 2.81. The lowest BCUT2D eigenvalue weighted by Gasteiger charge is -2.14. The number of hydrogen-bond donors (Lipinski definition) is 1. The highest BCUT2D eigenvalue weighted by molar-refractivity contribution is 6.32. The van der Waals surface area contributed by atoms with Crippen LogP contribution in [0, 0.1) is 20.8 Å². The van der Waals surface area contributed by atoms with Crippen molar-refractivity contribution in [3.05, 3.63) is 27.8 Å². The van der Waals surface area contributed by atoms with Gasteiger partial charge in [0.15, 0.2) is 0 Å². The average molecular weight is 198 g/mol. The molecule has 0 aliphatic heterocycles. The van der Waals surface area contributed by atoms with Crippen LogP contribution in [0.3, 0.4) is 0 Å². The summed E-state index contributed by atoms with van der Waals surface area (Å²) in [6.45, 7) is 9.22. The molecule has 0 aromatic heterocycles. The average Bonchev–Trinajstić information content (AvgIpc) is 2.09. The van der Waals surface area contributed by atoms with Crippen molar-refractivity contribution in [1.29, 1.82) is 0 Å². The summed E-state index contributed by atoms with van der Waals surface area (Å²) in [7, 11) is 0. The van der Waals surface area contributed by atoms with Crippen LogP contribution < -0.4 is 5.32 Å². The molecule has 0 fully saturated rings. The van der Waals surface area contributed by atoms with Crippen molar-refractivity contribution >= 4 is 17.3 Å². The number of rotatable bonds is 2. The molecule has 0 saturated carbocycles. The van der Waals surface area contributed by atoms with E-state index in [4.69, 9.17) is 11.6 Å². The summed E-state index contributed by atoms with van der Waals surface area (Å²) in [4.78, 5) is 0. The molecule has 0 spiro atoms. The van der Waals surface area contributed by atoms with Gasteiger partial charge in [-0.25, -0.2) is 0 Å². The van der Waals surface area contributed by atoms with Crippen LogP contribution in [0.15, 0.2) is 6.07 Å². The minimum absolute atomic E-state index is 0.876. The van der Waals surface area contributed by atoms with Crippen LogP contribution in [-0.4, -0.2) is 6.54 Å². The molecule has 0 aliphatic carbocycles. The molecule has 0 aliphatic rings. The Hall–Kier alpha value is -0.690. The van der Waals surface area contributed by atoms with Gasteiger partial charge < -0.3 is 5.32 Å². The first-order valence-corrected chi connectivity index (χ1v) is 4.95. The van der Waals surface area contributed by atoms with Gasteiger partial charge in [-0.1, -0.05) is 17.7 Å². The van der Waals surface area contributed by atoms with Crippen LogP contribution in [0.2, 0.25) is 5.02 Å². The zero-order chi connectivity index (χ0) is 10.0. The molecule has 2 heteroatoms. The first kappa shape index (κ1) is 10.4. The number of benzene rings is 1. The second-order valence-electron chi connectivity index (χ2n) is 3.35. The van der Waals surface area contributed by atoms with Crippen LogP contribution in [0.4, 0.5) is 5.69 Å². The molecule has 0 amide bonds. The van der Waals surface area contributed by atoms with Gasteiger partial charge in [-0.3, -0.25) is 0 Å². The Morgan fingerprint density at radius 2 is 1.85 bits per heavy atom. The molecule has 0 saturated heterocycles. The number of anilines is 1. The molecule has 0 atom stereocenters. The molecule has 1 N–H and O–H groups in total. The van der Waals surface area contributed by atoms with Gasteiger partial charge >= 0.3 is 0 Å². The Labute approximate surface area is 85.1 Å². The third kappa shape index (κ3) is 1.97. The van der Waals surface area contributed by atoms with Crippen LogP contribution in [-0.2, 0) is 0 Å². The Bertz CT molecular complexity index is 318. The first-order valence-electron chi connectivity index (χ1n) is 4.58. The van der Waals surface area contributed by atoms with Crippen molar-refractivity contribution in [3.63, 3.8) is 0 Å². The van der Waals surface area contributed by atoms with Crippen molar-refractivity contribution in [2.45, 2.75) is 27.7 Å². The monoisotopic (exact) mass is 197 g/mol. The highest BCUT2D eigenvalue weighted by atomic mass is 35.5. The first-order chi connectivity index (χ1) is 6.07. The smallest absolute Gasteiger partial charge is 0.0485 e. The van der Waals surface area contributed by atoms with E-state index in [1.54, 1.807) is 0 Å². The quantitative estimate of drug-likeness (QED) is 0.763. The third-order valence-electron chi connectivity index (χ3n) is 2.23. The Morgan fingerprint density at radius 1 is 1.23 bits per heavy atom.